The Morgan fingerprint density at radius 3 is 2.73 bits per heavy atom. The van der Waals surface area contributed by atoms with Crippen LogP contribution in [0.5, 0.6) is 0 Å². The Morgan fingerprint density at radius 2 is 2.09 bits per heavy atom. The highest BCUT2D eigenvalue weighted by molar-refractivity contribution is 5.76. The number of amides is 1. The van der Waals surface area contributed by atoms with Gasteiger partial charge in [-0.2, -0.15) is 0 Å². The van der Waals surface area contributed by atoms with Gasteiger partial charge in [-0.25, -0.2) is 0 Å². The minimum absolute atomic E-state index is 0.221. The van der Waals surface area contributed by atoms with Gasteiger partial charge in [0.2, 0.25) is 5.91 Å². The maximum absolute atomic E-state index is 12.3. The van der Waals surface area contributed by atoms with Gasteiger partial charge < -0.3 is 10.1 Å². The van der Waals surface area contributed by atoms with Crippen molar-refractivity contribution in [2.75, 3.05) is 6.61 Å². The second kappa shape index (κ2) is 5.51. The third-order valence-corrected chi connectivity index (χ3v) is 6.99. The third-order valence-electron chi connectivity index (χ3n) is 6.99. The minimum atomic E-state index is 0.221. The molecule has 0 aromatic heterocycles. The van der Waals surface area contributed by atoms with Gasteiger partial charge in [-0.1, -0.05) is 34.6 Å². The van der Waals surface area contributed by atoms with Gasteiger partial charge in [0.05, 0.1) is 6.10 Å². The number of rotatable bonds is 4. The lowest BCUT2D eigenvalue weighted by atomic mass is 9.58. The summed E-state index contributed by atoms with van der Waals surface area (Å²) in [4.78, 5) is 12.3. The highest BCUT2D eigenvalue weighted by Crippen LogP contribution is 2.69. The summed E-state index contributed by atoms with van der Waals surface area (Å²) in [5.41, 5.74) is 0.503. The first-order chi connectivity index (χ1) is 10.3. The van der Waals surface area contributed by atoms with Crippen molar-refractivity contribution in [3.8, 4) is 0 Å². The van der Waals surface area contributed by atoms with Gasteiger partial charge in [0.1, 0.15) is 0 Å². The van der Waals surface area contributed by atoms with Crippen molar-refractivity contribution < 1.29 is 9.53 Å². The minimum Gasteiger partial charge on any atom is -0.378 e. The number of carbonyl (C=O) groups excluding carboxylic acids is 1. The summed E-state index contributed by atoms with van der Waals surface area (Å²) in [5, 5.41) is 3.46. The summed E-state index contributed by atoms with van der Waals surface area (Å²) in [6.45, 7) is 12.3. The molecule has 3 aliphatic rings. The Kier molecular flexibility index (Phi) is 4.08. The molecule has 1 amide bonds. The van der Waals surface area contributed by atoms with Crippen LogP contribution in [-0.4, -0.2) is 24.7 Å². The summed E-state index contributed by atoms with van der Waals surface area (Å²) >= 11 is 0. The molecular weight excluding hydrogens is 274 g/mol. The number of hydrogen-bond donors (Lipinski definition) is 1. The molecule has 1 unspecified atom stereocenters. The predicted octanol–water partition coefficient (Wildman–Crippen LogP) is 3.77. The molecule has 5 atom stereocenters. The van der Waals surface area contributed by atoms with E-state index in [1.54, 1.807) is 0 Å². The van der Waals surface area contributed by atoms with E-state index in [1.165, 1.54) is 12.8 Å². The fraction of sp³-hybridized carbons (Fsp3) is 0.947. The molecule has 0 aromatic rings. The lowest BCUT2D eigenvalue weighted by Gasteiger charge is -2.54. The maximum atomic E-state index is 12.3. The van der Waals surface area contributed by atoms with Crippen LogP contribution in [0.25, 0.3) is 0 Å². The fourth-order valence-electron chi connectivity index (χ4n) is 5.95. The number of nitrogens with one attached hydrogen (secondary N) is 1. The molecule has 1 spiro atoms. The van der Waals surface area contributed by atoms with Gasteiger partial charge >= 0.3 is 0 Å². The highest BCUT2D eigenvalue weighted by Gasteiger charge is 2.68. The van der Waals surface area contributed by atoms with Crippen LogP contribution in [0.15, 0.2) is 0 Å². The van der Waals surface area contributed by atoms with E-state index in [9.17, 15) is 4.79 Å². The smallest absolute Gasteiger partial charge is 0.220 e. The molecule has 0 radical (unpaired) electrons. The molecule has 1 aliphatic heterocycles. The lowest BCUT2D eigenvalue weighted by molar-refractivity contribution is -0.144. The van der Waals surface area contributed by atoms with Crippen LogP contribution in [0.4, 0.5) is 0 Å². The molecule has 22 heavy (non-hydrogen) atoms. The molecule has 3 fully saturated rings. The average Bonchev–Trinajstić information content (AvgIpc) is 2.92. The molecule has 1 N–H and O–H groups in total. The van der Waals surface area contributed by atoms with E-state index >= 15 is 0 Å². The highest BCUT2D eigenvalue weighted by atomic mass is 16.5. The molecule has 3 nitrogen and oxygen atoms in total. The molecule has 0 aromatic carbocycles. The Morgan fingerprint density at radius 1 is 1.36 bits per heavy atom. The van der Waals surface area contributed by atoms with Crippen LogP contribution in [0, 0.1) is 28.6 Å². The van der Waals surface area contributed by atoms with Crippen LogP contribution in [0.3, 0.4) is 0 Å². The number of hydrogen-bond acceptors (Lipinski definition) is 2. The number of fused-ring (bicyclic) bond motifs is 1. The molecule has 2 aliphatic carbocycles. The van der Waals surface area contributed by atoms with Crippen LogP contribution >= 0.6 is 0 Å². The molecule has 126 valence electrons. The molecule has 2 saturated carbocycles. The van der Waals surface area contributed by atoms with Crippen molar-refractivity contribution in [1.29, 1.82) is 0 Å². The largest absolute Gasteiger partial charge is 0.378 e. The summed E-state index contributed by atoms with van der Waals surface area (Å²) in [7, 11) is 0. The monoisotopic (exact) mass is 307 g/mol. The summed E-state index contributed by atoms with van der Waals surface area (Å²) in [6.07, 6.45) is 5.65. The van der Waals surface area contributed by atoms with Crippen molar-refractivity contribution in [3.05, 3.63) is 0 Å². The van der Waals surface area contributed by atoms with Crippen LogP contribution in [0.1, 0.15) is 66.7 Å². The van der Waals surface area contributed by atoms with Crippen molar-refractivity contribution in [2.24, 2.45) is 28.6 Å². The molecule has 1 saturated heterocycles. The van der Waals surface area contributed by atoms with E-state index < -0.39 is 0 Å². The number of ether oxygens (including phenoxy) is 1. The standard InChI is InChI=1S/C19H33NO2/c1-6-7-15(21)20-17-18(4,5)13-10-14-16(12(2)3)22-9-8-19(14,17)11-13/h12-14,16-17H,6-11H2,1-5H3,(H,20,21)/t13-,14-,16-,17+,19?/m1/s1. The predicted molar refractivity (Wildman–Crippen MR) is 88.5 cm³/mol. The van der Waals surface area contributed by atoms with Crippen LogP contribution < -0.4 is 5.32 Å². The van der Waals surface area contributed by atoms with Crippen LogP contribution in [0.2, 0.25) is 0 Å². The zero-order valence-corrected chi connectivity index (χ0v) is 14.9. The van der Waals surface area contributed by atoms with E-state index in [4.69, 9.17) is 4.74 Å². The Balaban J connectivity index is 1.89. The van der Waals surface area contributed by atoms with E-state index in [1.807, 2.05) is 0 Å². The van der Waals surface area contributed by atoms with Gasteiger partial charge in [0.15, 0.2) is 0 Å². The molecule has 1 heterocycles. The topological polar surface area (TPSA) is 38.3 Å². The molecule has 3 rings (SSSR count). The first-order valence-corrected chi connectivity index (χ1v) is 9.24. The van der Waals surface area contributed by atoms with Gasteiger partial charge in [0, 0.05) is 19.1 Å². The molecule has 3 heteroatoms. The van der Waals surface area contributed by atoms with Crippen molar-refractivity contribution in [1.82, 2.24) is 5.32 Å². The van der Waals surface area contributed by atoms with Gasteiger partial charge in [-0.05, 0) is 54.3 Å². The van der Waals surface area contributed by atoms with E-state index in [0.717, 1.165) is 25.4 Å². The first kappa shape index (κ1) is 16.3. The van der Waals surface area contributed by atoms with Crippen LogP contribution in [-0.2, 0) is 9.53 Å². The fourth-order valence-corrected chi connectivity index (χ4v) is 5.95. The summed E-state index contributed by atoms with van der Waals surface area (Å²) in [5.74, 6) is 2.17. The second-order valence-electron chi connectivity index (χ2n) is 8.88. The summed E-state index contributed by atoms with van der Waals surface area (Å²) in [6, 6.07) is 0.327. The first-order valence-electron chi connectivity index (χ1n) is 9.24. The lowest BCUT2D eigenvalue weighted by Crippen LogP contribution is -2.60. The molecular formula is C19H33NO2. The zero-order valence-electron chi connectivity index (χ0n) is 14.9. The van der Waals surface area contributed by atoms with Crippen molar-refractivity contribution in [3.63, 3.8) is 0 Å². The second-order valence-corrected chi connectivity index (χ2v) is 8.88. The van der Waals surface area contributed by atoms with E-state index in [0.29, 0.717) is 30.4 Å². The van der Waals surface area contributed by atoms with E-state index in [2.05, 4.69) is 39.9 Å². The third kappa shape index (κ3) is 2.23. The summed E-state index contributed by atoms with van der Waals surface area (Å²) < 4.78 is 6.16. The van der Waals surface area contributed by atoms with Gasteiger partial charge in [0.25, 0.3) is 0 Å². The maximum Gasteiger partial charge on any atom is 0.220 e. The van der Waals surface area contributed by atoms with Gasteiger partial charge in [-0.3, -0.25) is 4.79 Å². The zero-order chi connectivity index (χ0) is 16.1. The molecule has 2 bridgehead atoms. The van der Waals surface area contributed by atoms with Gasteiger partial charge in [-0.15, -0.1) is 0 Å². The average molecular weight is 307 g/mol. The Hall–Kier alpha value is -0.570. The normalized spacial score (nSPS) is 42.5. The van der Waals surface area contributed by atoms with Crippen molar-refractivity contribution in [2.45, 2.75) is 78.9 Å². The number of carbonyl (C=O) groups is 1. The van der Waals surface area contributed by atoms with E-state index in [-0.39, 0.29) is 16.7 Å². The van der Waals surface area contributed by atoms with Crippen molar-refractivity contribution >= 4 is 5.91 Å². The Bertz CT molecular complexity index is 445. The quantitative estimate of drug-likeness (QED) is 0.858. The SMILES string of the molecule is CCCC(=O)N[C@H]1C(C)(C)[C@@H]2C[C@@H]3[C@@H](C(C)C)OCCC31C2. The Labute approximate surface area is 135 Å².